The molecule has 2 aromatic heterocycles. The number of nitrogens with zero attached hydrogens (tertiary/aromatic N) is 4. The number of carbonyl (C=O) groups is 2. The molecule has 0 fully saturated rings. The fourth-order valence-corrected chi connectivity index (χ4v) is 4.92. The van der Waals surface area contributed by atoms with Crippen LogP contribution in [0.15, 0.2) is 88.8 Å². The molecule has 5 rings (SSSR count). The Bertz CT molecular complexity index is 1350. The molecule has 1 aliphatic rings. The number of carbonyl (C=O) groups excluding carboxylic acids is 1. The average molecular weight is 485 g/mol. The number of carboxylic acid groups (broad SMARTS) is 1. The number of aromatic nitrogens is 2. The van der Waals surface area contributed by atoms with Gasteiger partial charge in [0.25, 0.3) is 0 Å². The summed E-state index contributed by atoms with van der Waals surface area (Å²) >= 11 is 1.59. The first-order valence-corrected chi connectivity index (χ1v) is 12.4. The molecule has 1 unspecified atom stereocenters. The van der Waals surface area contributed by atoms with Gasteiger partial charge in [-0.05, 0) is 35.4 Å². The molecule has 0 aliphatic carbocycles. The number of benzene rings is 2. The lowest BCUT2D eigenvalue weighted by Crippen LogP contribution is -2.27. The highest BCUT2D eigenvalue weighted by Crippen LogP contribution is 2.39. The van der Waals surface area contributed by atoms with Gasteiger partial charge in [-0.15, -0.1) is 0 Å². The first-order chi connectivity index (χ1) is 17.1. The first-order valence-electron chi connectivity index (χ1n) is 11.4. The van der Waals surface area contributed by atoms with Crippen LogP contribution in [0, 0.1) is 0 Å². The lowest BCUT2D eigenvalue weighted by molar-refractivity contribution is -0.137. The number of carboxylic acids is 1. The van der Waals surface area contributed by atoms with Gasteiger partial charge in [0.2, 0.25) is 5.91 Å². The fourth-order valence-electron chi connectivity index (χ4n) is 4.26. The Morgan fingerprint density at radius 2 is 1.71 bits per heavy atom. The number of rotatable bonds is 8. The van der Waals surface area contributed by atoms with Crippen LogP contribution in [-0.4, -0.2) is 37.5 Å². The van der Waals surface area contributed by atoms with Crippen molar-refractivity contribution in [1.82, 2.24) is 14.8 Å². The molecule has 8 heteroatoms. The molecule has 35 heavy (non-hydrogen) atoms. The summed E-state index contributed by atoms with van der Waals surface area (Å²) in [5.41, 5.74) is 5.42. The summed E-state index contributed by atoms with van der Waals surface area (Å²) in [6, 6.07) is 21.4. The third-order valence-electron chi connectivity index (χ3n) is 5.97. The van der Waals surface area contributed by atoms with Crippen molar-refractivity contribution in [2.24, 2.45) is 5.10 Å². The van der Waals surface area contributed by atoms with E-state index in [-0.39, 0.29) is 31.2 Å². The number of amides is 1. The van der Waals surface area contributed by atoms with E-state index in [1.807, 2.05) is 88.4 Å². The van der Waals surface area contributed by atoms with Crippen molar-refractivity contribution in [3.05, 3.63) is 94.8 Å². The van der Waals surface area contributed by atoms with Crippen LogP contribution in [-0.2, 0) is 9.59 Å². The van der Waals surface area contributed by atoms with E-state index in [0.717, 1.165) is 33.8 Å². The minimum absolute atomic E-state index is 0.0491. The molecule has 3 heterocycles. The molecule has 0 spiro atoms. The maximum absolute atomic E-state index is 13.3. The molecule has 2 aromatic carbocycles. The number of hydrogen-bond acceptors (Lipinski definition) is 5. The Hall–Kier alpha value is -4.04. The van der Waals surface area contributed by atoms with Crippen molar-refractivity contribution in [2.75, 3.05) is 0 Å². The minimum atomic E-state index is -0.909. The second kappa shape index (κ2) is 10.1. The van der Waals surface area contributed by atoms with E-state index in [1.54, 1.807) is 11.3 Å². The van der Waals surface area contributed by atoms with Crippen molar-refractivity contribution in [2.45, 2.75) is 31.7 Å². The maximum atomic E-state index is 13.3. The van der Waals surface area contributed by atoms with E-state index in [9.17, 15) is 9.59 Å². The van der Waals surface area contributed by atoms with Gasteiger partial charge in [0.1, 0.15) is 0 Å². The molecule has 0 bridgehead atoms. The number of hydrazone groups is 1. The van der Waals surface area contributed by atoms with Crippen molar-refractivity contribution in [1.29, 1.82) is 0 Å². The van der Waals surface area contributed by atoms with Crippen molar-refractivity contribution in [3.63, 3.8) is 0 Å². The maximum Gasteiger partial charge on any atom is 0.303 e. The Balaban J connectivity index is 1.55. The predicted octanol–water partition coefficient (Wildman–Crippen LogP) is 5.53. The van der Waals surface area contributed by atoms with E-state index in [1.165, 1.54) is 5.01 Å². The van der Waals surface area contributed by atoms with Gasteiger partial charge in [0, 0.05) is 42.1 Å². The summed E-state index contributed by atoms with van der Waals surface area (Å²) in [6.07, 6.45) is 2.88. The van der Waals surface area contributed by atoms with E-state index in [0.29, 0.717) is 6.42 Å². The van der Waals surface area contributed by atoms with Crippen LogP contribution in [0.3, 0.4) is 0 Å². The Morgan fingerprint density at radius 3 is 2.40 bits per heavy atom. The molecular weight excluding hydrogens is 460 g/mol. The van der Waals surface area contributed by atoms with Gasteiger partial charge >= 0.3 is 5.97 Å². The monoisotopic (exact) mass is 484 g/mol. The third kappa shape index (κ3) is 4.93. The van der Waals surface area contributed by atoms with Gasteiger partial charge in [-0.3, -0.25) is 9.59 Å². The van der Waals surface area contributed by atoms with E-state index >= 15 is 0 Å². The number of thiophene rings is 1. The standard InChI is InChI=1S/C27H24N4O3S/c32-25(12-7-13-26(33)34)31-24(16-23(28-31)20-14-15-35-18-20)22-17-30(21-10-5-2-6-11-21)29-27(22)19-8-3-1-4-9-19/h1-6,8-11,14-15,17-18,24H,7,12-13,16H2,(H,33,34). The van der Waals surface area contributed by atoms with Crippen LogP contribution in [0.1, 0.15) is 42.9 Å². The zero-order chi connectivity index (χ0) is 24.2. The minimum Gasteiger partial charge on any atom is -0.481 e. The molecule has 0 saturated carbocycles. The zero-order valence-corrected chi connectivity index (χ0v) is 19.8. The van der Waals surface area contributed by atoms with Gasteiger partial charge in [0.05, 0.1) is 23.1 Å². The van der Waals surface area contributed by atoms with Gasteiger partial charge < -0.3 is 5.11 Å². The van der Waals surface area contributed by atoms with Crippen LogP contribution in [0.4, 0.5) is 0 Å². The summed E-state index contributed by atoms with van der Waals surface area (Å²) < 4.78 is 1.84. The highest BCUT2D eigenvalue weighted by atomic mass is 32.1. The summed E-state index contributed by atoms with van der Waals surface area (Å²) in [7, 11) is 0. The lowest BCUT2D eigenvalue weighted by Gasteiger charge is -2.22. The van der Waals surface area contributed by atoms with Gasteiger partial charge in [-0.25, -0.2) is 9.69 Å². The SMILES string of the molecule is O=C(O)CCCC(=O)N1N=C(c2ccsc2)CC1c1cn(-c2ccccc2)nc1-c1ccccc1. The largest absolute Gasteiger partial charge is 0.481 e. The molecule has 0 saturated heterocycles. The molecule has 4 aromatic rings. The quantitative estimate of drug-likeness (QED) is 0.356. The summed E-state index contributed by atoms with van der Waals surface area (Å²) in [6.45, 7) is 0. The smallest absolute Gasteiger partial charge is 0.303 e. The van der Waals surface area contributed by atoms with Crippen LogP contribution < -0.4 is 0 Å². The van der Waals surface area contributed by atoms with Crippen molar-refractivity contribution in [3.8, 4) is 16.9 Å². The lowest BCUT2D eigenvalue weighted by atomic mass is 9.97. The van der Waals surface area contributed by atoms with Crippen molar-refractivity contribution < 1.29 is 14.7 Å². The van der Waals surface area contributed by atoms with Crippen LogP contribution in [0.25, 0.3) is 16.9 Å². The number of para-hydroxylation sites is 1. The number of hydrogen-bond donors (Lipinski definition) is 1. The highest BCUT2D eigenvalue weighted by Gasteiger charge is 2.36. The fraction of sp³-hybridized carbons (Fsp3) is 0.185. The molecule has 1 amide bonds. The average Bonchev–Trinajstić information content (AvgIpc) is 3.64. The topological polar surface area (TPSA) is 87.8 Å². The molecule has 1 atom stereocenters. The summed E-state index contributed by atoms with van der Waals surface area (Å²) in [4.78, 5) is 24.2. The van der Waals surface area contributed by atoms with Crippen molar-refractivity contribution >= 4 is 28.9 Å². The highest BCUT2D eigenvalue weighted by molar-refractivity contribution is 7.08. The first kappa shape index (κ1) is 22.7. The molecule has 176 valence electrons. The van der Waals surface area contributed by atoms with Gasteiger partial charge in [-0.1, -0.05) is 48.5 Å². The van der Waals surface area contributed by atoms with Crippen LogP contribution >= 0.6 is 11.3 Å². The molecule has 0 radical (unpaired) electrons. The van der Waals surface area contributed by atoms with E-state index in [2.05, 4.69) is 0 Å². The van der Waals surface area contributed by atoms with E-state index < -0.39 is 5.97 Å². The Labute approximate surface area is 207 Å². The normalized spacial score (nSPS) is 15.3. The van der Waals surface area contributed by atoms with Crippen LogP contribution in [0.2, 0.25) is 0 Å². The number of aliphatic carboxylic acids is 1. The second-order valence-corrected chi connectivity index (χ2v) is 9.12. The molecule has 1 aliphatic heterocycles. The second-order valence-electron chi connectivity index (χ2n) is 8.34. The molecular formula is C27H24N4O3S. The summed E-state index contributed by atoms with van der Waals surface area (Å²) in [5, 5.41) is 24.2. The molecule has 7 nitrogen and oxygen atoms in total. The summed E-state index contributed by atoms with van der Waals surface area (Å²) in [5.74, 6) is -1.10. The third-order valence-corrected chi connectivity index (χ3v) is 6.65. The van der Waals surface area contributed by atoms with Gasteiger partial charge in [0.15, 0.2) is 0 Å². The Morgan fingerprint density at radius 1 is 0.971 bits per heavy atom. The zero-order valence-electron chi connectivity index (χ0n) is 18.9. The predicted molar refractivity (Wildman–Crippen MR) is 136 cm³/mol. The van der Waals surface area contributed by atoms with Gasteiger partial charge in [-0.2, -0.15) is 21.5 Å². The Kier molecular flexibility index (Phi) is 6.54. The van der Waals surface area contributed by atoms with Crippen LogP contribution in [0.5, 0.6) is 0 Å². The van der Waals surface area contributed by atoms with E-state index in [4.69, 9.17) is 15.3 Å². The molecule has 1 N–H and O–H groups in total.